The molecule has 1 aromatic heterocycles. The number of nitrogens with zero attached hydrogens (tertiary/aromatic N) is 2. The fourth-order valence-corrected chi connectivity index (χ4v) is 2.84. The zero-order valence-corrected chi connectivity index (χ0v) is 14.7. The normalized spacial score (nSPS) is 14.9. The molecule has 0 bridgehead atoms. The summed E-state index contributed by atoms with van der Waals surface area (Å²) < 4.78 is 0. The van der Waals surface area contributed by atoms with Crippen molar-refractivity contribution in [1.82, 2.24) is 20.5 Å². The van der Waals surface area contributed by atoms with Crippen molar-refractivity contribution >= 4 is 17.8 Å². The molecule has 4 amide bonds. The van der Waals surface area contributed by atoms with Crippen molar-refractivity contribution in [2.24, 2.45) is 0 Å². The van der Waals surface area contributed by atoms with Crippen molar-refractivity contribution in [3.63, 3.8) is 0 Å². The van der Waals surface area contributed by atoms with E-state index < -0.39 is 18.0 Å². The van der Waals surface area contributed by atoms with Crippen molar-refractivity contribution in [3.05, 3.63) is 65.0 Å². The molecule has 1 saturated heterocycles. The molecule has 2 N–H and O–H groups in total. The summed E-state index contributed by atoms with van der Waals surface area (Å²) in [6.07, 6.45) is 3.37. The zero-order chi connectivity index (χ0) is 18.7. The maximum atomic E-state index is 12.5. The Bertz CT molecular complexity index is 851. The van der Waals surface area contributed by atoms with Gasteiger partial charge in [-0.15, -0.1) is 0 Å². The van der Waals surface area contributed by atoms with E-state index in [0.717, 1.165) is 22.3 Å². The van der Waals surface area contributed by atoms with E-state index in [1.54, 1.807) is 12.4 Å². The molecule has 2 aromatic rings. The summed E-state index contributed by atoms with van der Waals surface area (Å²) in [5, 5.41) is 5.11. The van der Waals surface area contributed by atoms with Crippen LogP contribution in [0.25, 0.3) is 0 Å². The average molecular weight is 352 g/mol. The number of carbonyl (C=O) groups excluding carboxylic acids is 3. The Balaban J connectivity index is 1.82. The first-order valence-electron chi connectivity index (χ1n) is 8.29. The van der Waals surface area contributed by atoms with E-state index in [1.807, 2.05) is 44.2 Å². The summed E-state index contributed by atoms with van der Waals surface area (Å²) in [5.41, 5.74) is 4.05. The third kappa shape index (κ3) is 3.88. The number of pyridine rings is 1. The Labute approximate surface area is 151 Å². The number of aromatic nitrogens is 1. The predicted molar refractivity (Wildman–Crippen MR) is 95.3 cm³/mol. The second-order valence-electron chi connectivity index (χ2n) is 6.34. The molecule has 3 rings (SSSR count). The van der Waals surface area contributed by atoms with Gasteiger partial charge in [-0.25, -0.2) is 4.79 Å². The molecule has 0 unspecified atom stereocenters. The first-order chi connectivity index (χ1) is 12.4. The van der Waals surface area contributed by atoms with Gasteiger partial charge in [0, 0.05) is 12.4 Å². The summed E-state index contributed by atoms with van der Waals surface area (Å²) >= 11 is 0. The number of amides is 4. The van der Waals surface area contributed by atoms with E-state index in [4.69, 9.17) is 0 Å². The minimum atomic E-state index is -0.547. The summed E-state index contributed by atoms with van der Waals surface area (Å²) in [7, 11) is 0. The number of hydrogen-bond acceptors (Lipinski definition) is 4. The summed E-state index contributed by atoms with van der Waals surface area (Å²) in [4.78, 5) is 40.7. The fourth-order valence-electron chi connectivity index (χ4n) is 2.84. The van der Waals surface area contributed by atoms with E-state index in [9.17, 15) is 14.4 Å². The van der Waals surface area contributed by atoms with Gasteiger partial charge in [0.2, 0.25) is 11.8 Å². The molecule has 2 heterocycles. The number of urea groups is 1. The molecule has 7 nitrogen and oxygen atoms in total. The third-order valence-electron chi connectivity index (χ3n) is 4.39. The Hall–Kier alpha value is -3.22. The number of imide groups is 1. The van der Waals surface area contributed by atoms with Crippen LogP contribution in [0.5, 0.6) is 0 Å². The maximum Gasteiger partial charge on any atom is 0.325 e. The molecule has 1 atom stereocenters. The Kier molecular flexibility index (Phi) is 4.97. The quantitative estimate of drug-likeness (QED) is 0.797. The van der Waals surface area contributed by atoms with Crippen LogP contribution < -0.4 is 10.6 Å². The van der Waals surface area contributed by atoms with Crippen LogP contribution in [0.4, 0.5) is 4.79 Å². The Morgan fingerprint density at radius 1 is 1.23 bits per heavy atom. The second-order valence-corrected chi connectivity index (χ2v) is 6.34. The molecule has 1 aliphatic rings. The monoisotopic (exact) mass is 352 g/mol. The summed E-state index contributed by atoms with van der Waals surface area (Å²) in [6.45, 7) is 3.76. The van der Waals surface area contributed by atoms with Crippen molar-refractivity contribution in [2.75, 3.05) is 13.1 Å². The van der Waals surface area contributed by atoms with E-state index in [0.29, 0.717) is 0 Å². The average Bonchev–Trinajstić information content (AvgIpc) is 2.93. The smallest absolute Gasteiger partial charge is 0.325 e. The SMILES string of the molecule is Cc1ccc([C@H](NC(=O)CN2CC(=O)NC2=O)c2cccnc2)cc1C. The summed E-state index contributed by atoms with van der Waals surface area (Å²) in [5.74, 6) is -0.748. The Morgan fingerprint density at radius 2 is 2.04 bits per heavy atom. The van der Waals surface area contributed by atoms with E-state index in [-0.39, 0.29) is 19.0 Å². The molecule has 0 spiro atoms. The van der Waals surface area contributed by atoms with Crippen molar-refractivity contribution in [1.29, 1.82) is 0 Å². The van der Waals surface area contributed by atoms with Crippen molar-refractivity contribution < 1.29 is 14.4 Å². The molecule has 0 aliphatic carbocycles. The molecular formula is C19H20N4O3. The van der Waals surface area contributed by atoms with E-state index in [1.165, 1.54) is 4.90 Å². The highest BCUT2D eigenvalue weighted by Crippen LogP contribution is 2.23. The van der Waals surface area contributed by atoms with Crippen molar-refractivity contribution in [3.8, 4) is 0 Å². The lowest BCUT2D eigenvalue weighted by molar-refractivity contribution is -0.122. The first kappa shape index (κ1) is 17.6. The number of rotatable bonds is 5. The van der Waals surface area contributed by atoms with E-state index in [2.05, 4.69) is 15.6 Å². The van der Waals surface area contributed by atoms with Gasteiger partial charge in [0.15, 0.2) is 0 Å². The van der Waals surface area contributed by atoms with Gasteiger partial charge in [-0.2, -0.15) is 0 Å². The van der Waals surface area contributed by atoms with Crippen LogP contribution in [0.15, 0.2) is 42.7 Å². The first-order valence-corrected chi connectivity index (χ1v) is 8.29. The van der Waals surface area contributed by atoms with Gasteiger partial charge in [0.1, 0.15) is 13.1 Å². The van der Waals surface area contributed by atoms with Crippen LogP contribution in [0.3, 0.4) is 0 Å². The molecule has 0 saturated carbocycles. The highest BCUT2D eigenvalue weighted by atomic mass is 16.2. The number of aryl methyl sites for hydroxylation is 2. The number of benzene rings is 1. The summed E-state index contributed by atoms with van der Waals surface area (Å²) in [6, 6.07) is 8.76. The third-order valence-corrected chi connectivity index (χ3v) is 4.39. The van der Waals surface area contributed by atoms with Gasteiger partial charge in [0.05, 0.1) is 6.04 Å². The van der Waals surface area contributed by atoms with Crippen LogP contribution in [0.1, 0.15) is 28.3 Å². The number of hydrogen-bond donors (Lipinski definition) is 2. The van der Waals surface area contributed by atoms with Gasteiger partial charge in [-0.3, -0.25) is 19.9 Å². The molecule has 7 heteroatoms. The number of nitrogens with one attached hydrogen (secondary N) is 2. The minimum absolute atomic E-state index is 0.104. The highest BCUT2D eigenvalue weighted by molar-refractivity contribution is 6.03. The van der Waals surface area contributed by atoms with E-state index >= 15 is 0 Å². The van der Waals surface area contributed by atoms with Gasteiger partial charge in [-0.1, -0.05) is 24.3 Å². The second kappa shape index (κ2) is 7.35. The lowest BCUT2D eigenvalue weighted by atomic mass is 9.96. The molecule has 0 radical (unpaired) electrons. The van der Waals surface area contributed by atoms with Crippen molar-refractivity contribution in [2.45, 2.75) is 19.9 Å². The topological polar surface area (TPSA) is 91.4 Å². The van der Waals surface area contributed by atoms with Crippen LogP contribution in [-0.4, -0.2) is 40.8 Å². The number of carbonyl (C=O) groups is 3. The maximum absolute atomic E-state index is 12.5. The lowest BCUT2D eigenvalue weighted by Gasteiger charge is -2.22. The standard InChI is InChI=1S/C19H20N4O3/c1-12-5-6-14(8-13(12)2)18(15-4-3-7-20-9-15)21-16(24)10-23-11-17(25)22-19(23)26/h3-9,18H,10-11H2,1-2H3,(H,21,24)(H,22,25,26)/t18-/m0/s1. The fraction of sp³-hybridized carbons (Fsp3) is 0.263. The van der Waals surface area contributed by atoms with Crippen LogP contribution in [0, 0.1) is 13.8 Å². The predicted octanol–water partition coefficient (Wildman–Crippen LogP) is 1.46. The zero-order valence-electron chi connectivity index (χ0n) is 14.7. The molecule has 1 aromatic carbocycles. The lowest BCUT2D eigenvalue weighted by Crippen LogP contribution is -2.40. The largest absolute Gasteiger partial charge is 0.344 e. The van der Waals surface area contributed by atoms with Gasteiger partial charge >= 0.3 is 6.03 Å². The molecular weight excluding hydrogens is 332 g/mol. The van der Waals surface area contributed by atoms with Gasteiger partial charge < -0.3 is 10.2 Å². The van der Waals surface area contributed by atoms with Gasteiger partial charge in [-0.05, 0) is 42.2 Å². The van der Waals surface area contributed by atoms with Crippen LogP contribution in [0.2, 0.25) is 0 Å². The Morgan fingerprint density at radius 3 is 2.65 bits per heavy atom. The minimum Gasteiger partial charge on any atom is -0.344 e. The van der Waals surface area contributed by atoms with Gasteiger partial charge in [0.25, 0.3) is 0 Å². The van der Waals surface area contributed by atoms with Crippen LogP contribution in [-0.2, 0) is 9.59 Å². The molecule has 26 heavy (non-hydrogen) atoms. The molecule has 1 aliphatic heterocycles. The van der Waals surface area contributed by atoms with Crippen LogP contribution >= 0.6 is 0 Å². The molecule has 134 valence electrons. The highest BCUT2D eigenvalue weighted by Gasteiger charge is 2.29. The molecule has 1 fully saturated rings.